The van der Waals surface area contributed by atoms with Crippen molar-refractivity contribution in [3.63, 3.8) is 0 Å². The van der Waals surface area contributed by atoms with E-state index in [0.29, 0.717) is 6.61 Å². The first-order chi connectivity index (χ1) is 16.2. The van der Waals surface area contributed by atoms with Crippen LogP contribution in [0, 0.1) is 17.7 Å². The lowest BCUT2D eigenvalue weighted by atomic mass is 10.1. The first-order valence-corrected chi connectivity index (χ1v) is 11.4. The Balaban J connectivity index is 1.30. The van der Waals surface area contributed by atoms with Crippen LogP contribution < -0.4 is 4.74 Å². The molecule has 0 saturated carbocycles. The molecule has 4 rings (SSSR count). The summed E-state index contributed by atoms with van der Waals surface area (Å²) in [6.45, 7) is 2.89. The molecular formula is C29H27FN2O. The number of rotatable bonds is 8. The summed E-state index contributed by atoms with van der Waals surface area (Å²) in [6.07, 6.45) is 8.58. The summed E-state index contributed by atoms with van der Waals surface area (Å²) in [5.41, 5.74) is 3.09. The molecule has 0 N–H and O–H groups in total. The van der Waals surface area contributed by atoms with Crippen LogP contribution in [-0.2, 0) is 12.8 Å². The highest BCUT2D eigenvalue weighted by molar-refractivity contribution is 5.83. The molecule has 0 bridgehead atoms. The van der Waals surface area contributed by atoms with Crippen molar-refractivity contribution in [3.05, 3.63) is 101 Å². The Morgan fingerprint density at radius 1 is 0.788 bits per heavy atom. The third kappa shape index (κ3) is 6.63. The van der Waals surface area contributed by atoms with Crippen molar-refractivity contribution in [3.8, 4) is 17.6 Å². The van der Waals surface area contributed by atoms with Gasteiger partial charge in [0.15, 0.2) is 5.75 Å². The zero-order valence-corrected chi connectivity index (χ0v) is 18.9. The molecule has 0 aliphatic carbocycles. The monoisotopic (exact) mass is 438 g/mol. The molecular weight excluding hydrogens is 411 g/mol. The van der Waals surface area contributed by atoms with Crippen LogP contribution in [0.3, 0.4) is 0 Å². The molecule has 4 heteroatoms. The summed E-state index contributed by atoms with van der Waals surface area (Å²) in [7, 11) is 0. The molecule has 166 valence electrons. The van der Waals surface area contributed by atoms with E-state index in [1.807, 2.05) is 30.3 Å². The number of benzene rings is 3. The van der Waals surface area contributed by atoms with Gasteiger partial charge < -0.3 is 4.74 Å². The molecule has 0 atom stereocenters. The van der Waals surface area contributed by atoms with Gasteiger partial charge in [-0.25, -0.2) is 14.4 Å². The van der Waals surface area contributed by atoms with Crippen LogP contribution >= 0.6 is 0 Å². The van der Waals surface area contributed by atoms with Crippen molar-refractivity contribution in [2.75, 3.05) is 6.61 Å². The molecule has 0 aliphatic rings. The largest absolute Gasteiger partial charge is 0.490 e. The van der Waals surface area contributed by atoms with Crippen molar-refractivity contribution in [1.82, 2.24) is 9.97 Å². The molecule has 4 aromatic rings. The first kappa shape index (κ1) is 22.5. The molecule has 33 heavy (non-hydrogen) atoms. The topological polar surface area (TPSA) is 35.0 Å². The maximum atomic E-state index is 13.3. The fourth-order valence-corrected chi connectivity index (χ4v) is 3.54. The fourth-order valence-electron chi connectivity index (χ4n) is 3.54. The standard InChI is InChI=1S/C29H27FN2O/c1-2-3-4-17-33-28-20-31-29(32-21-28)16-12-23-7-5-22(6-8-23)9-10-24-11-13-26-19-27(30)15-14-25(26)18-24/h5-8,11,13-15,18-21H,2-4,12,16-17H2,1H3. The van der Waals surface area contributed by atoms with Gasteiger partial charge in [-0.15, -0.1) is 0 Å². The number of halogens is 1. The quantitative estimate of drug-likeness (QED) is 0.232. The molecule has 0 spiro atoms. The Hall–Kier alpha value is -3.71. The predicted molar refractivity (Wildman–Crippen MR) is 131 cm³/mol. The number of ether oxygens (including phenoxy) is 1. The summed E-state index contributed by atoms with van der Waals surface area (Å²) in [4.78, 5) is 8.84. The zero-order valence-electron chi connectivity index (χ0n) is 18.9. The number of unbranched alkanes of at least 4 members (excludes halogenated alkanes) is 2. The molecule has 0 unspecified atom stereocenters. The molecule has 0 saturated heterocycles. The van der Waals surface area contributed by atoms with Crippen molar-refractivity contribution < 1.29 is 9.13 Å². The number of hydrogen-bond acceptors (Lipinski definition) is 3. The number of aryl methyl sites for hydroxylation is 2. The third-order valence-corrected chi connectivity index (χ3v) is 5.44. The van der Waals surface area contributed by atoms with E-state index in [4.69, 9.17) is 4.74 Å². The molecule has 1 heterocycles. The van der Waals surface area contributed by atoms with Crippen LogP contribution in [0.4, 0.5) is 4.39 Å². The SMILES string of the molecule is CCCCCOc1cnc(CCc2ccc(C#Cc3ccc4cc(F)ccc4c3)cc2)nc1. The van der Waals surface area contributed by atoms with Crippen LogP contribution in [0.15, 0.2) is 73.1 Å². The average molecular weight is 439 g/mol. The summed E-state index contributed by atoms with van der Waals surface area (Å²) < 4.78 is 19.0. The minimum absolute atomic E-state index is 0.225. The Morgan fingerprint density at radius 2 is 1.48 bits per heavy atom. The maximum absolute atomic E-state index is 13.3. The molecule has 3 nitrogen and oxygen atoms in total. The summed E-state index contributed by atoms with van der Waals surface area (Å²) in [5, 5.41) is 1.86. The third-order valence-electron chi connectivity index (χ3n) is 5.44. The predicted octanol–water partition coefficient (Wildman–Crippen LogP) is 6.52. The maximum Gasteiger partial charge on any atom is 0.155 e. The van der Waals surface area contributed by atoms with E-state index in [1.165, 1.54) is 30.5 Å². The highest BCUT2D eigenvalue weighted by atomic mass is 19.1. The van der Waals surface area contributed by atoms with Gasteiger partial charge in [-0.05, 0) is 65.6 Å². The zero-order chi connectivity index (χ0) is 22.9. The molecule has 0 aliphatic heterocycles. The Kier molecular flexibility index (Phi) is 7.66. The summed E-state index contributed by atoms with van der Waals surface area (Å²) in [6, 6.07) is 18.9. The van der Waals surface area contributed by atoms with Gasteiger partial charge >= 0.3 is 0 Å². The van der Waals surface area contributed by atoms with Crippen LogP contribution in [0.1, 0.15) is 48.7 Å². The van der Waals surface area contributed by atoms with Gasteiger partial charge in [-0.3, -0.25) is 0 Å². The van der Waals surface area contributed by atoms with E-state index in [-0.39, 0.29) is 5.82 Å². The van der Waals surface area contributed by atoms with E-state index in [9.17, 15) is 4.39 Å². The van der Waals surface area contributed by atoms with Crippen LogP contribution in [-0.4, -0.2) is 16.6 Å². The lowest BCUT2D eigenvalue weighted by Gasteiger charge is -2.06. The summed E-state index contributed by atoms with van der Waals surface area (Å²) in [5.74, 6) is 7.73. The second-order valence-corrected chi connectivity index (χ2v) is 8.04. The number of nitrogens with zero attached hydrogens (tertiary/aromatic N) is 2. The minimum Gasteiger partial charge on any atom is -0.490 e. The first-order valence-electron chi connectivity index (χ1n) is 11.4. The molecule has 1 aromatic heterocycles. The van der Waals surface area contributed by atoms with E-state index < -0.39 is 0 Å². The molecule has 3 aromatic carbocycles. The lowest BCUT2D eigenvalue weighted by molar-refractivity contribution is 0.303. The normalized spacial score (nSPS) is 10.6. The van der Waals surface area contributed by atoms with Crippen molar-refractivity contribution in [1.29, 1.82) is 0 Å². The molecule has 0 radical (unpaired) electrons. The van der Waals surface area contributed by atoms with Crippen LogP contribution in [0.5, 0.6) is 5.75 Å². The fraction of sp³-hybridized carbons (Fsp3) is 0.241. The van der Waals surface area contributed by atoms with Gasteiger partial charge in [-0.2, -0.15) is 0 Å². The highest BCUT2D eigenvalue weighted by Gasteiger charge is 2.01. The van der Waals surface area contributed by atoms with E-state index in [2.05, 4.69) is 40.9 Å². The van der Waals surface area contributed by atoms with Gasteiger partial charge in [0.05, 0.1) is 19.0 Å². The average Bonchev–Trinajstić information content (AvgIpc) is 2.85. The van der Waals surface area contributed by atoms with Crippen LogP contribution in [0.2, 0.25) is 0 Å². The minimum atomic E-state index is -0.225. The van der Waals surface area contributed by atoms with Crippen molar-refractivity contribution >= 4 is 10.8 Å². The second kappa shape index (κ2) is 11.2. The van der Waals surface area contributed by atoms with Crippen molar-refractivity contribution in [2.45, 2.75) is 39.0 Å². The van der Waals surface area contributed by atoms with E-state index >= 15 is 0 Å². The van der Waals surface area contributed by atoms with Gasteiger partial charge in [-0.1, -0.05) is 55.9 Å². The summed E-state index contributed by atoms with van der Waals surface area (Å²) >= 11 is 0. The van der Waals surface area contributed by atoms with Gasteiger partial charge in [0, 0.05) is 17.5 Å². The number of hydrogen-bond donors (Lipinski definition) is 0. The van der Waals surface area contributed by atoms with Crippen molar-refractivity contribution in [2.24, 2.45) is 0 Å². The van der Waals surface area contributed by atoms with E-state index in [0.717, 1.165) is 52.7 Å². The van der Waals surface area contributed by atoms with Gasteiger partial charge in [0.25, 0.3) is 0 Å². The second-order valence-electron chi connectivity index (χ2n) is 8.04. The van der Waals surface area contributed by atoms with Crippen LogP contribution in [0.25, 0.3) is 10.8 Å². The Bertz CT molecular complexity index is 1260. The lowest BCUT2D eigenvalue weighted by Crippen LogP contribution is -2.01. The number of aromatic nitrogens is 2. The Morgan fingerprint density at radius 3 is 2.27 bits per heavy atom. The van der Waals surface area contributed by atoms with Gasteiger partial charge in [0.2, 0.25) is 0 Å². The smallest absolute Gasteiger partial charge is 0.155 e. The number of fused-ring (bicyclic) bond motifs is 1. The highest BCUT2D eigenvalue weighted by Crippen LogP contribution is 2.17. The van der Waals surface area contributed by atoms with E-state index in [1.54, 1.807) is 18.5 Å². The van der Waals surface area contributed by atoms with Gasteiger partial charge in [0.1, 0.15) is 11.6 Å². The Labute approximate surface area is 194 Å². The molecule has 0 fully saturated rings. The molecule has 0 amide bonds.